The van der Waals surface area contributed by atoms with Crippen molar-refractivity contribution in [3.05, 3.63) is 198 Å². The molecule has 1 heterocycles. The first-order valence-electron chi connectivity index (χ1n) is 17.0. The predicted octanol–water partition coefficient (Wildman–Crippen LogP) is 14.4. The van der Waals surface area contributed by atoms with Gasteiger partial charge in [-0.2, -0.15) is 0 Å². The molecule has 0 N–H and O–H groups in total. The zero-order chi connectivity index (χ0) is 34.3. The van der Waals surface area contributed by atoms with Crippen molar-refractivity contribution in [1.29, 1.82) is 0 Å². The Morgan fingerprint density at radius 1 is 0.294 bits per heavy atom. The lowest BCUT2D eigenvalue weighted by Gasteiger charge is -2.14. The van der Waals surface area contributed by atoms with Crippen LogP contribution in [-0.2, 0) is 0 Å². The number of halogens is 2. The normalized spacial score (nSPS) is 11.3. The Bertz CT molecular complexity index is 2510. The summed E-state index contributed by atoms with van der Waals surface area (Å²) in [7, 11) is 0. The fraction of sp³-hybridized carbons (Fsp3) is 0. The summed E-state index contributed by atoms with van der Waals surface area (Å²) in [4.78, 5) is 0. The highest BCUT2D eigenvalue weighted by Crippen LogP contribution is 2.40. The van der Waals surface area contributed by atoms with Gasteiger partial charge in [0.05, 0.1) is 16.7 Å². The van der Waals surface area contributed by atoms with Gasteiger partial charge in [0.1, 0.15) is 0 Å². The number of para-hydroxylation sites is 1. The Kier molecular flexibility index (Phi) is 8.01. The SMILES string of the molecule is Clc1ccc(-c2ccc(-c3ccc4c(c3)c3cc(-c5ccc(-c6ccc(Cl)cc6)cc5)ccc3n4-c3ccccc3-c3ccccc3)cc2)cc1. The van der Waals surface area contributed by atoms with E-state index in [-0.39, 0.29) is 0 Å². The van der Waals surface area contributed by atoms with Gasteiger partial charge in [-0.15, -0.1) is 0 Å². The molecule has 9 rings (SSSR count). The number of benzene rings is 8. The minimum Gasteiger partial charge on any atom is -0.309 e. The highest BCUT2D eigenvalue weighted by Gasteiger charge is 2.17. The molecule has 0 bridgehead atoms. The highest BCUT2D eigenvalue weighted by atomic mass is 35.5. The molecule has 51 heavy (non-hydrogen) atoms. The predicted molar refractivity (Wildman–Crippen MR) is 218 cm³/mol. The van der Waals surface area contributed by atoms with Crippen LogP contribution in [0.2, 0.25) is 10.0 Å². The van der Waals surface area contributed by atoms with E-state index in [1.165, 1.54) is 55.2 Å². The summed E-state index contributed by atoms with van der Waals surface area (Å²) in [5.41, 5.74) is 15.2. The zero-order valence-electron chi connectivity index (χ0n) is 27.6. The molecule has 0 fully saturated rings. The van der Waals surface area contributed by atoms with Gasteiger partial charge in [-0.3, -0.25) is 0 Å². The van der Waals surface area contributed by atoms with Gasteiger partial charge in [0.15, 0.2) is 0 Å². The largest absolute Gasteiger partial charge is 0.309 e. The number of aromatic nitrogens is 1. The van der Waals surface area contributed by atoms with Crippen LogP contribution >= 0.6 is 23.2 Å². The standard InChI is InChI=1S/C48H31Cl2N/c49-41-24-18-34(19-25-41)32-10-14-36(15-11-32)39-22-28-47-44(30-39)45-31-40(37-16-12-33(13-17-37)35-20-26-42(50)27-21-35)23-29-48(45)51(47)46-9-5-4-8-43(46)38-6-2-1-3-7-38/h1-31H. The van der Waals surface area contributed by atoms with E-state index in [9.17, 15) is 0 Å². The number of fused-ring (bicyclic) bond motifs is 3. The molecule has 0 radical (unpaired) electrons. The molecule has 1 nitrogen and oxygen atoms in total. The Morgan fingerprint density at radius 2 is 0.647 bits per heavy atom. The van der Waals surface area contributed by atoms with Gasteiger partial charge in [0.2, 0.25) is 0 Å². The lowest BCUT2D eigenvalue weighted by molar-refractivity contribution is 1.18. The molecule has 0 aliphatic heterocycles. The van der Waals surface area contributed by atoms with Gasteiger partial charge in [0.25, 0.3) is 0 Å². The van der Waals surface area contributed by atoms with Gasteiger partial charge < -0.3 is 4.57 Å². The van der Waals surface area contributed by atoms with Crippen molar-refractivity contribution in [2.75, 3.05) is 0 Å². The Labute approximate surface area is 307 Å². The van der Waals surface area contributed by atoms with Gasteiger partial charge in [0, 0.05) is 26.4 Å². The zero-order valence-corrected chi connectivity index (χ0v) is 29.1. The summed E-state index contributed by atoms with van der Waals surface area (Å²) in [5.74, 6) is 0. The maximum absolute atomic E-state index is 6.15. The quantitative estimate of drug-likeness (QED) is 0.163. The van der Waals surface area contributed by atoms with Gasteiger partial charge in [-0.25, -0.2) is 0 Å². The Balaban J connectivity index is 1.19. The minimum absolute atomic E-state index is 0.743. The lowest BCUT2D eigenvalue weighted by atomic mass is 9.97. The third-order valence-electron chi connectivity index (χ3n) is 9.79. The third kappa shape index (κ3) is 5.91. The first-order valence-corrected chi connectivity index (χ1v) is 17.8. The number of hydrogen-bond acceptors (Lipinski definition) is 0. The van der Waals surface area contributed by atoms with Crippen molar-refractivity contribution in [3.63, 3.8) is 0 Å². The molecule has 3 heteroatoms. The van der Waals surface area contributed by atoms with E-state index in [1.54, 1.807) is 0 Å². The van der Waals surface area contributed by atoms with Gasteiger partial charge >= 0.3 is 0 Å². The molecule has 1 aromatic heterocycles. The maximum Gasteiger partial charge on any atom is 0.0541 e. The summed E-state index contributed by atoms with van der Waals surface area (Å²) in [6.45, 7) is 0. The summed E-state index contributed by atoms with van der Waals surface area (Å²) in [6.07, 6.45) is 0. The van der Waals surface area contributed by atoms with Crippen LogP contribution in [0.25, 0.3) is 83.1 Å². The molecular weight excluding hydrogens is 661 g/mol. The molecule has 0 amide bonds. The fourth-order valence-corrected chi connectivity index (χ4v) is 7.42. The molecule has 0 aliphatic carbocycles. The van der Waals surface area contributed by atoms with Crippen LogP contribution in [0.3, 0.4) is 0 Å². The second-order valence-corrected chi connectivity index (χ2v) is 13.7. The van der Waals surface area contributed by atoms with Crippen LogP contribution in [0, 0.1) is 0 Å². The summed E-state index contributed by atoms with van der Waals surface area (Å²) in [5, 5.41) is 3.92. The van der Waals surface area contributed by atoms with Crippen LogP contribution in [0.5, 0.6) is 0 Å². The topological polar surface area (TPSA) is 4.93 Å². The number of hydrogen-bond donors (Lipinski definition) is 0. The third-order valence-corrected chi connectivity index (χ3v) is 10.3. The first kappa shape index (κ1) is 31.1. The van der Waals surface area contributed by atoms with Crippen molar-refractivity contribution in [1.82, 2.24) is 4.57 Å². The monoisotopic (exact) mass is 691 g/mol. The fourth-order valence-electron chi connectivity index (χ4n) is 7.17. The van der Waals surface area contributed by atoms with Gasteiger partial charge in [-0.05, 0) is 105 Å². The molecule has 9 aromatic rings. The number of rotatable bonds is 6. The smallest absolute Gasteiger partial charge is 0.0541 e. The van der Waals surface area contributed by atoms with Crippen LogP contribution in [0.15, 0.2) is 188 Å². The molecule has 242 valence electrons. The summed E-state index contributed by atoms with van der Waals surface area (Å²) < 4.78 is 2.42. The second-order valence-electron chi connectivity index (χ2n) is 12.9. The number of nitrogens with zero attached hydrogens (tertiary/aromatic N) is 1. The molecule has 0 atom stereocenters. The Morgan fingerprint density at radius 3 is 1.10 bits per heavy atom. The molecule has 0 spiro atoms. The minimum atomic E-state index is 0.743. The van der Waals surface area contributed by atoms with E-state index < -0.39 is 0 Å². The van der Waals surface area contributed by atoms with Crippen molar-refractivity contribution in [2.24, 2.45) is 0 Å². The van der Waals surface area contributed by atoms with Crippen molar-refractivity contribution in [2.45, 2.75) is 0 Å². The van der Waals surface area contributed by atoms with Gasteiger partial charge in [-0.1, -0.05) is 157 Å². The van der Waals surface area contributed by atoms with E-state index >= 15 is 0 Å². The summed E-state index contributed by atoms with van der Waals surface area (Å²) >= 11 is 12.3. The first-order chi connectivity index (χ1) is 25.1. The average molecular weight is 693 g/mol. The molecule has 0 aliphatic rings. The second kappa shape index (κ2) is 13.1. The highest BCUT2D eigenvalue weighted by molar-refractivity contribution is 6.31. The van der Waals surface area contributed by atoms with Crippen LogP contribution in [-0.4, -0.2) is 4.57 Å². The average Bonchev–Trinajstić information content (AvgIpc) is 3.52. The molecule has 0 unspecified atom stereocenters. The van der Waals surface area contributed by atoms with E-state index in [4.69, 9.17) is 23.2 Å². The molecule has 0 saturated heterocycles. The van der Waals surface area contributed by atoms with E-state index in [1.807, 2.05) is 24.3 Å². The van der Waals surface area contributed by atoms with Crippen LogP contribution in [0.4, 0.5) is 0 Å². The van der Waals surface area contributed by atoms with E-state index in [2.05, 4.69) is 168 Å². The molecule has 0 saturated carbocycles. The van der Waals surface area contributed by atoms with Crippen LogP contribution < -0.4 is 0 Å². The Hall–Kier alpha value is -5.86. The maximum atomic E-state index is 6.15. The van der Waals surface area contributed by atoms with Crippen LogP contribution in [0.1, 0.15) is 0 Å². The molecular formula is C48H31Cl2N. The van der Waals surface area contributed by atoms with E-state index in [0.717, 1.165) is 38.0 Å². The van der Waals surface area contributed by atoms with Crippen molar-refractivity contribution >= 4 is 45.0 Å². The molecule has 8 aromatic carbocycles. The van der Waals surface area contributed by atoms with E-state index in [0.29, 0.717) is 0 Å². The summed E-state index contributed by atoms with van der Waals surface area (Å²) in [6, 6.07) is 66.7. The lowest BCUT2D eigenvalue weighted by Crippen LogP contribution is -1.97. The van der Waals surface area contributed by atoms with Crippen molar-refractivity contribution in [3.8, 4) is 61.3 Å². The van der Waals surface area contributed by atoms with Crippen molar-refractivity contribution < 1.29 is 0 Å².